The van der Waals surface area contributed by atoms with Crippen LogP contribution in [0.4, 0.5) is 5.69 Å². The van der Waals surface area contributed by atoms with Crippen molar-refractivity contribution in [2.24, 2.45) is 0 Å². The second kappa shape index (κ2) is 14.5. The van der Waals surface area contributed by atoms with Gasteiger partial charge < -0.3 is 10.2 Å². The highest BCUT2D eigenvalue weighted by Gasteiger charge is 2.35. The van der Waals surface area contributed by atoms with Crippen molar-refractivity contribution in [3.63, 3.8) is 0 Å². The van der Waals surface area contributed by atoms with Crippen LogP contribution in [0.1, 0.15) is 37.5 Å². The van der Waals surface area contributed by atoms with Crippen LogP contribution < -0.4 is 9.62 Å². The van der Waals surface area contributed by atoms with Gasteiger partial charge in [0.1, 0.15) is 12.6 Å². The van der Waals surface area contributed by atoms with E-state index in [4.69, 9.17) is 23.2 Å². The molecular weight excluding hydrogens is 629 g/mol. The van der Waals surface area contributed by atoms with E-state index in [1.807, 2.05) is 64.1 Å². The number of nitrogens with zero attached hydrogens (tertiary/aromatic N) is 2. The Morgan fingerprint density at radius 3 is 2.04 bits per heavy atom. The Balaban J connectivity index is 1.83. The summed E-state index contributed by atoms with van der Waals surface area (Å²) in [5.74, 6) is -0.931. The number of halogens is 2. The average molecular weight is 667 g/mol. The van der Waals surface area contributed by atoms with Crippen LogP contribution in [-0.2, 0) is 32.6 Å². The number of hydrogen-bond acceptors (Lipinski definition) is 4. The fourth-order valence-electron chi connectivity index (χ4n) is 4.87. The summed E-state index contributed by atoms with van der Waals surface area (Å²) in [6, 6.07) is 28.3. The van der Waals surface area contributed by atoms with Crippen LogP contribution in [0.25, 0.3) is 0 Å². The molecule has 10 heteroatoms. The molecule has 0 aliphatic rings. The highest BCUT2D eigenvalue weighted by molar-refractivity contribution is 7.92. The van der Waals surface area contributed by atoms with E-state index in [1.54, 1.807) is 54.6 Å². The molecule has 7 nitrogen and oxygen atoms in total. The van der Waals surface area contributed by atoms with Crippen molar-refractivity contribution in [3.8, 4) is 0 Å². The van der Waals surface area contributed by atoms with Gasteiger partial charge >= 0.3 is 0 Å². The number of anilines is 1. The molecule has 0 unspecified atom stereocenters. The highest BCUT2D eigenvalue weighted by Crippen LogP contribution is 2.27. The van der Waals surface area contributed by atoms with Crippen molar-refractivity contribution in [1.29, 1.82) is 0 Å². The smallest absolute Gasteiger partial charge is 0.264 e. The zero-order valence-electron chi connectivity index (χ0n) is 25.7. The summed E-state index contributed by atoms with van der Waals surface area (Å²) in [6.45, 7) is 6.88. The molecule has 0 fully saturated rings. The van der Waals surface area contributed by atoms with Crippen LogP contribution in [0.5, 0.6) is 0 Å². The molecule has 0 spiro atoms. The molecule has 0 aromatic heterocycles. The van der Waals surface area contributed by atoms with Gasteiger partial charge in [-0.1, -0.05) is 89.9 Å². The Kier molecular flexibility index (Phi) is 11.0. The molecule has 4 aromatic carbocycles. The maximum Gasteiger partial charge on any atom is 0.264 e. The van der Waals surface area contributed by atoms with Gasteiger partial charge in [0.25, 0.3) is 10.0 Å². The SMILES string of the molecule is Cc1cccc(N(CC(=O)N(Cc2ccc(Cl)c(Cl)c2)[C@@H](Cc2ccccc2)C(=O)NC(C)(C)C)S(=O)(=O)c2ccccc2)c1. The van der Waals surface area contributed by atoms with E-state index in [1.165, 1.54) is 17.0 Å². The van der Waals surface area contributed by atoms with E-state index in [2.05, 4.69) is 5.32 Å². The van der Waals surface area contributed by atoms with E-state index in [9.17, 15) is 18.0 Å². The highest BCUT2D eigenvalue weighted by atomic mass is 35.5. The molecule has 4 rings (SSSR count). The molecular formula is C35H37Cl2N3O4S. The lowest BCUT2D eigenvalue weighted by molar-refractivity contribution is -0.140. The second-order valence-corrected chi connectivity index (χ2v) is 14.6. The summed E-state index contributed by atoms with van der Waals surface area (Å²) in [6.07, 6.45) is 0.200. The molecule has 0 aliphatic heterocycles. The average Bonchev–Trinajstić information content (AvgIpc) is 2.99. The van der Waals surface area contributed by atoms with Crippen molar-refractivity contribution < 1.29 is 18.0 Å². The predicted octanol–water partition coefficient (Wildman–Crippen LogP) is 7.05. The number of amides is 2. The quantitative estimate of drug-likeness (QED) is 0.186. The Morgan fingerprint density at radius 2 is 1.44 bits per heavy atom. The van der Waals surface area contributed by atoms with Crippen LogP contribution >= 0.6 is 23.2 Å². The lowest BCUT2D eigenvalue weighted by Gasteiger charge is -2.35. The van der Waals surface area contributed by atoms with Crippen LogP contribution in [0, 0.1) is 6.92 Å². The number of benzene rings is 4. The number of sulfonamides is 1. The van der Waals surface area contributed by atoms with Gasteiger partial charge in [-0.2, -0.15) is 0 Å². The molecule has 1 N–H and O–H groups in total. The number of hydrogen-bond donors (Lipinski definition) is 1. The fourth-order valence-corrected chi connectivity index (χ4v) is 6.62. The van der Waals surface area contributed by atoms with Gasteiger partial charge in [0.2, 0.25) is 11.8 Å². The molecule has 1 atom stereocenters. The van der Waals surface area contributed by atoms with Gasteiger partial charge in [-0.15, -0.1) is 0 Å². The maximum atomic E-state index is 14.5. The number of carbonyl (C=O) groups is 2. The first-order valence-electron chi connectivity index (χ1n) is 14.5. The third-order valence-corrected chi connectivity index (χ3v) is 9.53. The van der Waals surface area contributed by atoms with E-state index in [0.717, 1.165) is 15.4 Å². The van der Waals surface area contributed by atoms with Gasteiger partial charge in [0, 0.05) is 18.5 Å². The van der Waals surface area contributed by atoms with Crippen molar-refractivity contribution in [3.05, 3.63) is 130 Å². The van der Waals surface area contributed by atoms with Crippen molar-refractivity contribution in [2.45, 2.75) is 57.1 Å². The van der Waals surface area contributed by atoms with E-state index >= 15 is 0 Å². The van der Waals surface area contributed by atoms with Crippen molar-refractivity contribution in [1.82, 2.24) is 10.2 Å². The summed E-state index contributed by atoms with van der Waals surface area (Å²) >= 11 is 12.5. The zero-order valence-corrected chi connectivity index (χ0v) is 28.0. The molecule has 0 heterocycles. The van der Waals surface area contributed by atoms with Crippen molar-refractivity contribution >= 4 is 50.7 Å². The second-order valence-electron chi connectivity index (χ2n) is 11.9. The van der Waals surface area contributed by atoms with Crippen LogP contribution in [0.2, 0.25) is 10.0 Å². The molecule has 0 saturated carbocycles. The lowest BCUT2D eigenvalue weighted by Crippen LogP contribution is -2.56. The van der Waals surface area contributed by atoms with Gasteiger partial charge in [-0.25, -0.2) is 8.42 Å². The Bertz CT molecular complexity index is 1740. The maximum absolute atomic E-state index is 14.5. The minimum absolute atomic E-state index is 0.0160. The summed E-state index contributed by atoms with van der Waals surface area (Å²) < 4.78 is 29.2. The molecule has 236 valence electrons. The zero-order chi connectivity index (χ0) is 32.8. The first-order chi connectivity index (χ1) is 21.2. The predicted molar refractivity (Wildman–Crippen MR) is 181 cm³/mol. The van der Waals surface area contributed by atoms with Crippen LogP contribution in [0.3, 0.4) is 0 Å². The number of aryl methyl sites for hydroxylation is 1. The van der Waals surface area contributed by atoms with E-state index in [-0.39, 0.29) is 23.8 Å². The topological polar surface area (TPSA) is 86.8 Å². The molecule has 0 radical (unpaired) electrons. The molecule has 0 aliphatic carbocycles. The molecule has 0 saturated heterocycles. The first kappa shape index (κ1) is 34.0. The Hall–Kier alpha value is -3.85. The number of nitrogens with one attached hydrogen (secondary N) is 1. The van der Waals surface area contributed by atoms with Gasteiger partial charge in [-0.05, 0) is 80.8 Å². The molecule has 45 heavy (non-hydrogen) atoms. The number of carbonyl (C=O) groups excluding carboxylic acids is 2. The van der Waals surface area contributed by atoms with Gasteiger partial charge in [0.15, 0.2) is 0 Å². The summed E-state index contributed by atoms with van der Waals surface area (Å²) in [7, 11) is -4.17. The third kappa shape index (κ3) is 9.10. The van der Waals surface area contributed by atoms with Gasteiger partial charge in [0.05, 0.1) is 20.6 Å². The third-order valence-electron chi connectivity index (χ3n) is 7.01. The van der Waals surface area contributed by atoms with Crippen LogP contribution in [0.15, 0.2) is 108 Å². The van der Waals surface area contributed by atoms with E-state index < -0.39 is 34.1 Å². The molecule has 2 amide bonds. The standard InChI is InChI=1S/C35H37Cl2N3O4S/c1-25-12-11-15-28(20-25)40(45(43,44)29-16-9-6-10-17-29)24-33(41)39(23-27-18-19-30(36)31(37)21-27)32(34(42)38-35(2,3)4)22-26-13-7-5-8-14-26/h5-21,32H,22-24H2,1-4H3,(H,38,42)/t32-/m0/s1. The first-order valence-corrected chi connectivity index (χ1v) is 16.7. The summed E-state index contributed by atoms with van der Waals surface area (Å²) in [4.78, 5) is 30.0. The molecule has 0 bridgehead atoms. The van der Waals surface area contributed by atoms with Crippen molar-refractivity contribution in [2.75, 3.05) is 10.8 Å². The summed E-state index contributed by atoms with van der Waals surface area (Å²) in [5.41, 5.74) is 2.04. The lowest BCUT2D eigenvalue weighted by atomic mass is 10.0. The fraction of sp³-hybridized carbons (Fsp3) is 0.257. The summed E-state index contributed by atoms with van der Waals surface area (Å²) in [5, 5.41) is 3.67. The Morgan fingerprint density at radius 1 is 0.800 bits per heavy atom. The molecule has 4 aromatic rings. The largest absolute Gasteiger partial charge is 0.350 e. The van der Waals surface area contributed by atoms with Crippen LogP contribution in [-0.4, -0.2) is 43.3 Å². The monoisotopic (exact) mass is 665 g/mol. The minimum atomic E-state index is -4.17. The minimum Gasteiger partial charge on any atom is -0.350 e. The Labute approximate surface area is 275 Å². The van der Waals surface area contributed by atoms with E-state index in [0.29, 0.717) is 21.3 Å². The number of rotatable bonds is 11. The normalized spacial score (nSPS) is 12.3. The van der Waals surface area contributed by atoms with Gasteiger partial charge in [-0.3, -0.25) is 13.9 Å².